The van der Waals surface area contributed by atoms with Gasteiger partial charge in [0.25, 0.3) is 11.5 Å². The Morgan fingerprint density at radius 1 is 1.56 bits per heavy atom. The first-order chi connectivity index (χ1) is 8.65. The van der Waals surface area contributed by atoms with Crippen molar-refractivity contribution in [3.8, 4) is 0 Å². The van der Waals surface area contributed by atoms with Crippen molar-refractivity contribution in [2.75, 3.05) is 20.3 Å². The van der Waals surface area contributed by atoms with Crippen molar-refractivity contribution in [1.29, 1.82) is 0 Å². The Morgan fingerprint density at radius 2 is 2.33 bits per heavy atom. The van der Waals surface area contributed by atoms with Crippen molar-refractivity contribution in [3.05, 3.63) is 28.2 Å². The van der Waals surface area contributed by atoms with Crippen molar-refractivity contribution in [3.63, 3.8) is 0 Å². The number of hydrogen-bond acceptors (Lipinski definition) is 4. The summed E-state index contributed by atoms with van der Waals surface area (Å²) >= 11 is 0. The van der Waals surface area contributed by atoms with Gasteiger partial charge in [0.15, 0.2) is 0 Å². The van der Waals surface area contributed by atoms with E-state index in [2.05, 4.69) is 15.5 Å². The summed E-state index contributed by atoms with van der Waals surface area (Å²) in [6.45, 7) is 1.35. The van der Waals surface area contributed by atoms with Crippen molar-refractivity contribution < 1.29 is 9.53 Å². The minimum atomic E-state index is -0.315. The van der Waals surface area contributed by atoms with Crippen LogP contribution in [0.1, 0.15) is 29.8 Å². The molecule has 1 aliphatic carbocycles. The maximum Gasteiger partial charge on any atom is 0.271 e. The molecule has 2 N–H and O–H groups in total. The Morgan fingerprint density at radius 3 is 2.89 bits per heavy atom. The molecule has 0 unspecified atom stereocenters. The average molecular weight is 251 g/mol. The number of H-pyrrole nitrogens is 1. The van der Waals surface area contributed by atoms with E-state index in [9.17, 15) is 9.59 Å². The van der Waals surface area contributed by atoms with Crippen LogP contribution >= 0.6 is 0 Å². The standard InChI is InChI=1S/C12H17N3O3/c1-18-7-6-12(4-5-12)8-13-11(17)9-2-3-10(16)15-14-9/h2-3H,4-8H2,1H3,(H,13,17)(H,15,16). The molecule has 0 spiro atoms. The van der Waals surface area contributed by atoms with E-state index in [0.717, 1.165) is 19.3 Å². The van der Waals surface area contributed by atoms with Gasteiger partial charge in [-0.1, -0.05) is 0 Å². The molecule has 18 heavy (non-hydrogen) atoms. The molecule has 6 nitrogen and oxygen atoms in total. The van der Waals surface area contributed by atoms with Crippen LogP contribution < -0.4 is 10.9 Å². The number of nitrogens with one attached hydrogen (secondary N) is 2. The Kier molecular flexibility index (Phi) is 3.76. The lowest BCUT2D eigenvalue weighted by Crippen LogP contribution is -2.32. The number of carbonyl (C=O) groups is 1. The highest BCUT2D eigenvalue weighted by molar-refractivity contribution is 5.92. The Balaban J connectivity index is 1.85. The van der Waals surface area contributed by atoms with E-state index in [4.69, 9.17) is 4.74 Å². The van der Waals surface area contributed by atoms with Crippen molar-refractivity contribution >= 4 is 5.91 Å². The summed E-state index contributed by atoms with van der Waals surface area (Å²) < 4.78 is 5.06. The summed E-state index contributed by atoms with van der Waals surface area (Å²) in [5.74, 6) is -0.255. The maximum absolute atomic E-state index is 11.8. The molecule has 0 aliphatic heterocycles. The zero-order valence-corrected chi connectivity index (χ0v) is 10.4. The third-order valence-electron chi connectivity index (χ3n) is 3.33. The fourth-order valence-corrected chi connectivity index (χ4v) is 1.84. The Labute approximate surface area is 105 Å². The van der Waals surface area contributed by atoms with Gasteiger partial charge in [0, 0.05) is 26.3 Å². The van der Waals surface area contributed by atoms with E-state index >= 15 is 0 Å². The number of amides is 1. The van der Waals surface area contributed by atoms with E-state index in [1.807, 2.05) is 0 Å². The second-order valence-corrected chi connectivity index (χ2v) is 4.73. The summed E-state index contributed by atoms with van der Waals surface area (Å²) in [5, 5.41) is 8.78. The van der Waals surface area contributed by atoms with Crippen LogP contribution in [0.2, 0.25) is 0 Å². The molecule has 1 aromatic heterocycles. The lowest BCUT2D eigenvalue weighted by atomic mass is 10.0. The summed E-state index contributed by atoms with van der Waals surface area (Å²) in [7, 11) is 1.68. The zero-order chi connectivity index (χ0) is 13.0. The van der Waals surface area contributed by atoms with E-state index in [1.54, 1.807) is 7.11 Å². The third kappa shape index (κ3) is 3.16. The van der Waals surface area contributed by atoms with Gasteiger partial charge in [-0.2, -0.15) is 5.10 Å². The Bertz CT molecular complexity index is 459. The number of methoxy groups -OCH3 is 1. The molecule has 0 aromatic carbocycles. The van der Waals surface area contributed by atoms with Gasteiger partial charge in [-0.3, -0.25) is 9.59 Å². The highest BCUT2D eigenvalue weighted by Crippen LogP contribution is 2.48. The lowest BCUT2D eigenvalue weighted by Gasteiger charge is -2.14. The fourth-order valence-electron chi connectivity index (χ4n) is 1.84. The molecule has 1 aliphatic rings. The molecule has 0 bridgehead atoms. The summed E-state index contributed by atoms with van der Waals surface area (Å²) in [6, 6.07) is 2.71. The number of nitrogens with zero attached hydrogens (tertiary/aromatic N) is 1. The summed E-state index contributed by atoms with van der Waals surface area (Å²) in [5.41, 5.74) is 0.121. The molecule has 0 atom stereocenters. The van der Waals surface area contributed by atoms with E-state index in [1.165, 1.54) is 12.1 Å². The van der Waals surface area contributed by atoms with Crippen molar-refractivity contribution in [2.24, 2.45) is 5.41 Å². The van der Waals surface area contributed by atoms with Gasteiger partial charge in [0.2, 0.25) is 0 Å². The van der Waals surface area contributed by atoms with E-state index < -0.39 is 0 Å². The first kappa shape index (κ1) is 12.8. The predicted octanol–water partition coefficient (Wildman–Crippen LogP) is 0.316. The first-order valence-electron chi connectivity index (χ1n) is 5.98. The molecule has 6 heteroatoms. The van der Waals surface area contributed by atoms with Crippen LogP contribution in [0, 0.1) is 5.41 Å². The zero-order valence-electron chi connectivity index (χ0n) is 10.4. The number of aromatic amines is 1. The molecule has 0 radical (unpaired) electrons. The number of carbonyl (C=O) groups excluding carboxylic acids is 1. The highest BCUT2D eigenvalue weighted by atomic mass is 16.5. The van der Waals surface area contributed by atoms with Crippen LogP contribution in [0.25, 0.3) is 0 Å². The van der Waals surface area contributed by atoms with Crippen molar-refractivity contribution in [2.45, 2.75) is 19.3 Å². The number of hydrogen-bond donors (Lipinski definition) is 2. The SMILES string of the molecule is COCCC1(CNC(=O)c2ccc(=O)[nH]n2)CC1. The van der Waals surface area contributed by atoms with Gasteiger partial charge in [0.05, 0.1) is 0 Å². The van der Waals surface area contributed by atoms with Crippen LogP contribution in [0.3, 0.4) is 0 Å². The fraction of sp³-hybridized carbons (Fsp3) is 0.583. The molecule has 1 aromatic rings. The smallest absolute Gasteiger partial charge is 0.271 e. The van der Waals surface area contributed by atoms with Gasteiger partial charge in [-0.15, -0.1) is 0 Å². The molecule has 98 valence electrons. The van der Waals surface area contributed by atoms with Gasteiger partial charge >= 0.3 is 0 Å². The largest absolute Gasteiger partial charge is 0.385 e. The normalized spacial score (nSPS) is 16.3. The first-order valence-corrected chi connectivity index (χ1v) is 5.98. The second-order valence-electron chi connectivity index (χ2n) is 4.73. The molecule has 2 rings (SSSR count). The van der Waals surface area contributed by atoms with E-state index in [0.29, 0.717) is 13.2 Å². The molecular weight excluding hydrogens is 234 g/mol. The van der Waals surface area contributed by atoms with Crippen molar-refractivity contribution in [1.82, 2.24) is 15.5 Å². The lowest BCUT2D eigenvalue weighted by molar-refractivity contribution is 0.0932. The quantitative estimate of drug-likeness (QED) is 0.762. The highest BCUT2D eigenvalue weighted by Gasteiger charge is 2.42. The van der Waals surface area contributed by atoms with Crippen LogP contribution in [-0.4, -0.2) is 36.4 Å². The van der Waals surface area contributed by atoms with E-state index in [-0.39, 0.29) is 22.6 Å². The molecule has 1 fully saturated rings. The van der Waals surface area contributed by atoms with Gasteiger partial charge in [0.1, 0.15) is 5.69 Å². The maximum atomic E-state index is 11.8. The number of rotatable bonds is 6. The predicted molar refractivity (Wildman–Crippen MR) is 65.4 cm³/mol. The van der Waals surface area contributed by atoms with Crippen LogP contribution in [0.4, 0.5) is 0 Å². The topological polar surface area (TPSA) is 84.1 Å². The monoisotopic (exact) mass is 251 g/mol. The number of aromatic nitrogens is 2. The van der Waals surface area contributed by atoms with Gasteiger partial charge in [-0.25, -0.2) is 5.10 Å². The van der Waals surface area contributed by atoms with Gasteiger partial charge < -0.3 is 10.1 Å². The minimum absolute atomic E-state index is 0.202. The molecule has 0 saturated heterocycles. The minimum Gasteiger partial charge on any atom is -0.385 e. The van der Waals surface area contributed by atoms with Crippen LogP contribution in [-0.2, 0) is 4.74 Å². The van der Waals surface area contributed by atoms with Crippen LogP contribution in [0.15, 0.2) is 16.9 Å². The number of ether oxygens (including phenoxy) is 1. The molecule has 1 heterocycles. The second kappa shape index (κ2) is 5.30. The molecular formula is C12H17N3O3. The summed E-state index contributed by atoms with van der Waals surface area (Å²) in [6.07, 6.45) is 3.20. The van der Waals surface area contributed by atoms with Crippen LogP contribution in [0.5, 0.6) is 0 Å². The third-order valence-corrected chi connectivity index (χ3v) is 3.33. The molecule has 1 saturated carbocycles. The molecule has 1 amide bonds. The average Bonchev–Trinajstić information content (AvgIpc) is 3.15. The summed E-state index contributed by atoms with van der Waals surface area (Å²) in [4.78, 5) is 22.6. The van der Waals surface area contributed by atoms with Gasteiger partial charge in [-0.05, 0) is 30.7 Å². The Hall–Kier alpha value is -1.69.